The maximum Gasteiger partial charge on any atom is 0.406 e. The molecular formula is C23H16F3N5OS. The Labute approximate surface area is 191 Å². The van der Waals surface area contributed by atoms with Crippen molar-refractivity contribution in [3.05, 3.63) is 89.1 Å². The molecule has 0 aliphatic carbocycles. The van der Waals surface area contributed by atoms with Crippen LogP contribution in [0.4, 0.5) is 13.2 Å². The van der Waals surface area contributed by atoms with Crippen molar-refractivity contribution in [2.75, 3.05) is 6.54 Å². The quantitative estimate of drug-likeness (QED) is 0.397. The summed E-state index contributed by atoms with van der Waals surface area (Å²) in [6.07, 6.45) is -4.61. The van der Waals surface area contributed by atoms with Crippen molar-refractivity contribution in [3.8, 4) is 22.5 Å². The van der Waals surface area contributed by atoms with Crippen LogP contribution in [0.5, 0.6) is 0 Å². The number of amides is 1. The number of nitrogens with zero attached hydrogens (tertiary/aromatic N) is 5. The number of benzene rings is 2. The third kappa shape index (κ3) is 5.27. The maximum atomic E-state index is 13.3. The number of alkyl halides is 3. The van der Waals surface area contributed by atoms with Gasteiger partial charge in [0.2, 0.25) is 5.82 Å². The SMILES string of the molecule is N#Cc1ccc(CN(CC(F)(F)F)C(=O)c2nc(-c3cccs3)n(-c3ccccc3)n2)cc1. The van der Waals surface area contributed by atoms with E-state index in [2.05, 4.69) is 10.1 Å². The maximum absolute atomic E-state index is 13.3. The van der Waals surface area contributed by atoms with Gasteiger partial charge in [-0.1, -0.05) is 36.4 Å². The summed E-state index contributed by atoms with van der Waals surface area (Å²) < 4.78 is 41.3. The lowest BCUT2D eigenvalue weighted by molar-refractivity contribution is -0.141. The number of hydrogen-bond acceptors (Lipinski definition) is 5. The fraction of sp³-hybridized carbons (Fsp3) is 0.130. The molecule has 4 rings (SSSR count). The van der Waals surface area contributed by atoms with Crippen molar-refractivity contribution in [3.63, 3.8) is 0 Å². The predicted molar refractivity (Wildman–Crippen MR) is 117 cm³/mol. The fourth-order valence-corrected chi connectivity index (χ4v) is 3.88. The normalized spacial score (nSPS) is 11.2. The minimum absolute atomic E-state index is 0.307. The van der Waals surface area contributed by atoms with Crippen LogP contribution < -0.4 is 0 Å². The number of carbonyl (C=O) groups is 1. The molecule has 2 heterocycles. The molecule has 1 amide bonds. The number of para-hydroxylation sites is 1. The number of nitriles is 1. The zero-order valence-corrected chi connectivity index (χ0v) is 17.8. The minimum Gasteiger partial charge on any atom is -0.322 e. The van der Waals surface area contributed by atoms with Gasteiger partial charge >= 0.3 is 6.18 Å². The van der Waals surface area contributed by atoms with Crippen molar-refractivity contribution >= 4 is 17.2 Å². The molecule has 0 aliphatic rings. The smallest absolute Gasteiger partial charge is 0.322 e. The first-order valence-corrected chi connectivity index (χ1v) is 10.6. The topological polar surface area (TPSA) is 74.8 Å². The lowest BCUT2D eigenvalue weighted by Gasteiger charge is -2.22. The highest BCUT2D eigenvalue weighted by Crippen LogP contribution is 2.27. The molecule has 0 aliphatic heterocycles. The lowest BCUT2D eigenvalue weighted by atomic mass is 10.1. The molecule has 0 saturated heterocycles. The highest BCUT2D eigenvalue weighted by molar-refractivity contribution is 7.13. The number of carbonyl (C=O) groups excluding carboxylic acids is 1. The molecule has 0 bridgehead atoms. The first kappa shape index (κ1) is 22.2. The summed E-state index contributed by atoms with van der Waals surface area (Å²) in [7, 11) is 0. The zero-order valence-electron chi connectivity index (χ0n) is 17.0. The van der Waals surface area contributed by atoms with Crippen LogP contribution in [-0.2, 0) is 6.54 Å². The van der Waals surface area contributed by atoms with E-state index in [0.717, 1.165) is 4.88 Å². The third-order valence-electron chi connectivity index (χ3n) is 4.65. The first-order valence-electron chi connectivity index (χ1n) is 9.75. The lowest BCUT2D eigenvalue weighted by Crippen LogP contribution is -2.39. The number of halogens is 3. The Balaban J connectivity index is 1.71. The molecule has 0 N–H and O–H groups in total. The number of hydrogen-bond donors (Lipinski definition) is 0. The second kappa shape index (κ2) is 9.26. The van der Waals surface area contributed by atoms with Gasteiger partial charge in [-0.3, -0.25) is 4.79 Å². The molecule has 166 valence electrons. The van der Waals surface area contributed by atoms with E-state index in [1.807, 2.05) is 23.6 Å². The highest BCUT2D eigenvalue weighted by atomic mass is 32.1. The van der Waals surface area contributed by atoms with E-state index in [0.29, 0.717) is 27.5 Å². The van der Waals surface area contributed by atoms with Crippen molar-refractivity contribution < 1.29 is 18.0 Å². The Bertz CT molecular complexity index is 1280. The van der Waals surface area contributed by atoms with Gasteiger partial charge < -0.3 is 4.90 Å². The molecule has 0 unspecified atom stereocenters. The van der Waals surface area contributed by atoms with Crippen LogP contribution in [0.1, 0.15) is 21.7 Å². The molecule has 10 heteroatoms. The van der Waals surface area contributed by atoms with Crippen LogP contribution in [-0.4, -0.2) is 38.3 Å². The van der Waals surface area contributed by atoms with Crippen LogP contribution in [0, 0.1) is 11.3 Å². The second-order valence-corrected chi connectivity index (χ2v) is 8.02. The summed E-state index contributed by atoms with van der Waals surface area (Å²) in [5.41, 5.74) is 1.45. The van der Waals surface area contributed by atoms with Gasteiger partial charge in [0.25, 0.3) is 5.91 Å². The van der Waals surface area contributed by atoms with E-state index in [4.69, 9.17) is 5.26 Å². The van der Waals surface area contributed by atoms with Gasteiger partial charge in [-0.25, -0.2) is 9.67 Å². The molecule has 0 fully saturated rings. The molecule has 4 aromatic rings. The summed E-state index contributed by atoms with van der Waals surface area (Å²) in [4.78, 5) is 18.8. The standard InChI is InChI=1S/C23H16F3N5OS/c24-23(25,26)15-30(14-17-10-8-16(13-27)9-11-17)22(32)20-28-21(19-7-4-12-33-19)31(29-20)18-5-2-1-3-6-18/h1-12H,14-15H2. The average Bonchev–Trinajstić information content (AvgIpc) is 3.48. The van der Waals surface area contributed by atoms with Gasteiger partial charge in [0, 0.05) is 6.54 Å². The Morgan fingerprint density at radius 2 is 1.79 bits per heavy atom. The number of aromatic nitrogens is 3. The summed E-state index contributed by atoms with van der Waals surface area (Å²) in [6.45, 7) is -1.77. The van der Waals surface area contributed by atoms with Crippen LogP contribution in [0.25, 0.3) is 16.4 Å². The summed E-state index contributed by atoms with van der Waals surface area (Å²) in [5.74, 6) is -0.908. The van der Waals surface area contributed by atoms with Gasteiger partial charge in [-0.15, -0.1) is 16.4 Å². The predicted octanol–water partition coefficient (Wildman–Crippen LogP) is 5.07. The summed E-state index contributed by atoms with van der Waals surface area (Å²) in [6, 6.07) is 20.5. The van der Waals surface area contributed by atoms with Crippen molar-refractivity contribution in [1.82, 2.24) is 19.7 Å². The third-order valence-corrected chi connectivity index (χ3v) is 5.52. The molecule has 33 heavy (non-hydrogen) atoms. The van der Waals surface area contributed by atoms with Crippen LogP contribution in [0.15, 0.2) is 72.1 Å². The van der Waals surface area contributed by atoms with Crippen LogP contribution in [0.3, 0.4) is 0 Å². The van der Waals surface area contributed by atoms with Crippen LogP contribution in [0.2, 0.25) is 0 Å². The minimum atomic E-state index is -4.61. The van der Waals surface area contributed by atoms with E-state index in [1.54, 1.807) is 30.3 Å². The molecule has 0 atom stereocenters. The molecule has 0 saturated carbocycles. The van der Waals surface area contributed by atoms with E-state index < -0.39 is 18.6 Å². The first-order chi connectivity index (χ1) is 15.8. The van der Waals surface area contributed by atoms with E-state index in [1.165, 1.54) is 40.3 Å². The van der Waals surface area contributed by atoms with E-state index in [-0.39, 0.29) is 12.4 Å². The second-order valence-electron chi connectivity index (χ2n) is 7.07. The van der Waals surface area contributed by atoms with Gasteiger partial charge in [-0.05, 0) is 41.3 Å². The highest BCUT2D eigenvalue weighted by Gasteiger charge is 2.35. The summed E-state index contributed by atoms with van der Waals surface area (Å²) >= 11 is 1.38. The van der Waals surface area contributed by atoms with Crippen molar-refractivity contribution in [2.45, 2.75) is 12.7 Å². The van der Waals surface area contributed by atoms with E-state index in [9.17, 15) is 18.0 Å². The Kier molecular flexibility index (Phi) is 6.24. The molecule has 2 aromatic heterocycles. The number of rotatable bonds is 6. The molecule has 2 aromatic carbocycles. The van der Waals surface area contributed by atoms with Gasteiger partial charge in [0.1, 0.15) is 6.54 Å². The Morgan fingerprint density at radius 1 is 1.06 bits per heavy atom. The largest absolute Gasteiger partial charge is 0.406 e. The fourth-order valence-electron chi connectivity index (χ4n) is 3.18. The zero-order chi connectivity index (χ0) is 23.4. The van der Waals surface area contributed by atoms with Crippen molar-refractivity contribution in [2.24, 2.45) is 0 Å². The molecule has 0 radical (unpaired) electrons. The van der Waals surface area contributed by atoms with Gasteiger partial charge in [0.05, 0.1) is 22.2 Å². The Hall–Kier alpha value is -3.97. The molecule has 6 nitrogen and oxygen atoms in total. The van der Waals surface area contributed by atoms with Crippen LogP contribution >= 0.6 is 11.3 Å². The molecule has 0 spiro atoms. The number of thiophene rings is 1. The summed E-state index contributed by atoms with van der Waals surface area (Å²) in [5, 5.41) is 15.0. The van der Waals surface area contributed by atoms with Gasteiger partial charge in [-0.2, -0.15) is 18.4 Å². The van der Waals surface area contributed by atoms with E-state index >= 15 is 0 Å². The Morgan fingerprint density at radius 3 is 2.39 bits per heavy atom. The van der Waals surface area contributed by atoms with Crippen molar-refractivity contribution in [1.29, 1.82) is 5.26 Å². The average molecular weight is 467 g/mol. The monoisotopic (exact) mass is 467 g/mol. The van der Waals surface area contributed by atoms with Gasteiger partial charge in [0.15, 0.2) is 5.82 Å². The molecular weight excluding hydrogens is 451 g/mol.